The van der Waals surface area contributed by atoms with E-state index < -0.39 is 0 Å². The molecular weight excluding hydrogens is 290 g/mol. The van der Waals surface area contributed by atoms with Gasteiger partial charge in [0.25, 0.3) is 0 Å². The molecule has 20 heavy (non-hydrogen) atoms. The van der Waals surface area contributed by atoms with Gasteiger partial charge in [0.1, 0.15) is 5.75 Å². The summed E-state index contributed by atoms with van der Waals surface area (Å²) in [5.41, 5.74) is 1.90. The average Bonchev–Trinajstić information content (AvgIpc) is 2.90. The number of pyridine rings is 1. The predicted molar refractivity (Wildman–Crippen MR) is 82.1 cm³/mol. The van der Waals surface area contributed by atoms with Crippen molar-refractivity contribution in [2.75, 3.05) is 7.11 Å². The van der Waals surface area contributed by atoms with Crippen molar-refractivity contribution in [1.29, 1.82) is 0 Å². The highest BCUT2D eigenvalue weighted by Crippen LogP contribution is 2.25. The Bertz CT molecular complexity index is 763. The smallest absolute Gasteiger partial charge is 0.185 e. The van der Waals surface area contributed by atoms with Gasteiger partial charge in [-0.25, -0.2) is 0 Å². The van der Waals surface area contributed by atoms with E-state index in [-0.39, 0.29) is 0 Å². The minimum absolute atomic E-state index is 0.703. The van der Waals surface area contributed by atoms with Crippen molar-refractivity contribution in [2.24, 2.45) is 0 Å². The van der Waals surface area contributed by atoms with E-state index in [4.69, 9.17) is 17.0 Å². The fourth-order valence-electron chi connectivity index (χ4n) is 1.89. The van der Waals surface area contributed by atoms with E-state index >= 15 is 0 Å². The Labute approximate surface area is 125 Å². The SMILES string of the molecule is COc1ccc(-n2c(-c3cccnc3)nsc2=S)cc1. The van der Waals surface area contributed by atoms with Crippen molar-refractivity contribution in [3.8, 4) is 22.8 Å². The van der Waals surface area contributed by atoms with Crippen LogP contribution < -0.4 is 4.74 Å². The van der Waals surface area contributed by atoms with Gasteiger partial charge in [-0.3, -0.25) is 9.55 Å². The molecule has 0 radical (unpaired) electrons. The Balaban J connectivity index is 2.14. The molecule has 2 heterocycles. The Morgan fingerprint density at radius 3 is 2.65 bits per heavy atom. The van der Waals surface area contributed by atoms with Gasteiger partial charge in [-0.15, -0.1) is 0 Å². The zero-order valence-corrected chi connectivity index (χ0v) is 12.3. The third kappa shape index (κ3) is 2.35. The molecule has 3 aromatic rings. The van der Waals surface area contributed by atoms with Crippen LogP contribution in [0.15, 0.2) is 48.8 Å². The molecule has 0 N–H and O–H groups in total. The van der Waals surface area contributed by atoms with E-state index in [0.29, 0.717) is 3.95 Å². The van der Waals surface area contributed by atoms with E-state index in [1.165, 1.54) is 11.5 Å². The summed E-state index contributed by atoms with van der Waals surface area (Å²) < 4.78 is 12.3. The van der Waals surface area contributed by atoms with Crippen LogP contribution in [0, 0.1) is 3.95 Å². The van der Waals surface area contributed by atoms with Gasteiger partial charge in [-0.05, 0) is 60.1 Å². The van der Waals surface area contributed by atoms with Crippen LogP contribution in [-0.4, -0.2) is 21.0 Å². The quantitative estimate of drug-likeness (QED) is 0.691. The Morgan fingerprint density at radius 1 is 1.20 bits per heavy atom. The van der Waals surface area contributed by atoms with Crippen LogP contribution in [0.25, 0.3) is 17.1 Å². The maximum Gasteiger partial charge on any atom is 0.185 e. The summed E-state index contributed by atoms with van der Waals surface area (Å²) in [6.45, 7) is 0. The normalized spacial score (nSPS) is 10.4. The van der Waals surface area contributed by atoms with Crippen molar-refractivity contribution >= 4 is 23.8 Å². The van der Waals surface area contributed by atoms with Gasteiger partial charge < -0.3 is 4.74 Å². The third-order valence-corrected chi connectivity index (χ3v) is 3.86. The lowest BCUT2D eigenvalue weighted by Crippen LogP contribution is -1.98. The van der Waals surface area contributed by atoms with E-state index in [2.05, 4.69) is 9.36 Å². The molecule has 0 atom stereocenters. The Kier molecular flexibility index (Phi) is 3.58. The maximum atomic E-state index is 5.38. The van der Waals surface area contributed by atoms with Crippen molar-refractivity contribution in [2.45, 2.75) is 0 Å². The lowest BCUT2D eigenvalue weighted by molar-refractivity contribution is 0.415. The summed E-state index contributed by atoms with van der Waals surface area (Å²) in [6.07, 6.45) is 3.52. The second-order valence-corrected chi connectivity index (χ2v) is 5.44. The topological polar surface area (TPSA) is 39.9 Å². The van der Waals surface area contributed by atoms with Crippen LogP contribution in [0.3, 0.4) is 0 Å². The average molecular weight is 301 g/mol. The monoisotopic (exact) mass is 301 g/mol. The molecule has 0 unspecified atom stereocenters. The molecule has 0 aliphatic heterocycles. The number of nitrogens with zero attached hydrogens (tertiary/aromatic N) is 3. The van der Waals surface area contributed by atoms with Gasteiger partial charge in [0, 0.05) is 23.6 Å². The van der Waals surface area contributed by atoms with Gasteiger partial charge in [-0.1, -0.05) is 0 Å². The molecular formula is C14H11N3OS2. The molecule has 100 valence electrons. The molecule has 0 saturated carbocycles. The molecule has 6 heteroatoms. The number of benzene rings is 1. The molecule has 0 amide bonds. The van der Waals surface area contributed by atoms with Crippen molar-refractivity contribution in [3.63, 3.8) is 0 Å². The lowest BCUT2D eigenvalue weighted by atomic mass is 10.2. The highest BCUT2D eigenvalue weighted by molar-refractivity contribution is 7.73. The van der Waals surface area contributed by atoms with Gasteiger partial charge in [0.2, 0.25) is 0 Å². The molecule has 0 saturated heterocycles. The largest absolute Gasteiger partial charge is 0.497 e. The fraction of sp³-hybridized carbons (Fsp3) is 0.0714. The zero-order chi connectivity index (χ0) is 13.9. The number of ether oxygens (including phenoxy) is 1. The van der Waals surface area contributed by atoms with Gasteiger partial charge in [0.15, 0.2) is 9.78 Å². The first-order chi connectivity index (χ1) is 9.79. The van der Waals surface area contributed by atoms with Crippen LogP contribution in [0.1, 0.15) is 0 Å². The van der Waals surface area contributed by atoms with Crippen molar-refractivity contribution < 1.29 is 4.74 Å². The third-order valence-electron chi connectivity index (χ3n) is 2.85. The first kappa shape index (κ1) is 13.0. The van der Waals surface area contributed by atoms with E-state index in [0.717, 1.165) is 22.8 Å². The summed E-state index contributed by atoms with van der Waals surface area (Å²) in [7, 11) is 1.65. The fourth-order valence-corrected chi connectivity index (χ4v) is 2.82. The Morgan fingerprint density at radius 2 is 2.00 bits per heavy atom. The van der Waals surface area contributed by atoms with Crippen LogP contribution in [0.5, 0.6) is 5.75 Å². The molecule has 0 fully saturated rings. The predicted octanol–water partition coefficient (Wildman–Crippen LogP) is 3.73. The first-order valence-corrected chi connectivity index (χ1v) is 7.11. The summed E-state index contributed by atoms with van der Waals surface area (Å²) in [5, 5.41) is 0. The van der Waals surface area contributed by atoms with Crippen LogP contribution in [0.2, 0.25) is 0 Å². The van der Waals surface area contributed by atoms with Crippen LogP contribution >= 0.6 is 23.8 Å². The van der Waals surface area contributed by atoms with Gasteiger partial charge in [-0.2, -0.15) is 4.37 Å². The van der Waals surface area contributed by atoms with Crippen molar-refractivity contribution in [1.82, 2.24) is 13.9 Å². The minimum Gasteiger partial charge on any atom is -0.497 e. The highest BCUT2D eigenvalue weighted by atomic mass is 32.2. The first-order valence-electron chi connectivity index (χ1n) is 5.93. The van der Waals surface area contributed by atoms with Gasteiger partial charge >= 0.3 is 0 Å². The second-order valence-electron chi connectivity index (χ2n) is 4.05. The van der Waals surface area contributed by atoms with E-state index in [1.54, 1.807) is 19.5 Å². The summed E-state index contributed by atoms with van der Waals surface area (Å²) >= 11 is 6.68. The molecule has 0 aliphatic carbocycles. The molecule has 2 aromatic heterocycles. The van der Waals surface area contributed by atoms with Crippen LogP contribution in [-0.2, 0) is 0 Å². The number of hydrogen-bond acceptors (Lipinski definition) is 5. The highest BCUT2D eigenvalue weighted by Gasteiger charge is 2.11. The number of aromatic nitrogens is 3. The molecule has 4 nitrogen and oxygen atoms in total. The summed E-state index contributed by atoms with van der Waals surface area (Å²) in [4.78, 5) is 4.13. The summed E-state index contributed by atoms with van der Waals surface area (Å²) in [5.74, 6) is 1.62. The number of rotatable bonds is 3. The maximum absolute atomic E-state index is 5.38. The molecule has 0 aliphatic rings. The standard InChI is InChI=1S/C14H11N3OS2/c1-18-12-6-4-11(5-7-12)17-13(16-20-14(17)19)10-3-2-8-15-9-10/h2-9H,1H3. The second kappa shape index (κ2) is 5.52. The van der Waals surface area contributed by atoms with Gasteiger partial charge in [0.05, 0.1) is 7.11 Å². The lowest BCUT2D eigenvalue weighted by Gasteiger charge is -2.07. The number of hydrogen-bond donors (Lipinski definition) is 0. The van der Waals surface area contributed by atoms with Crippen molar-refractivity contribution in [3.05, 3.63) is 52.7 Å². The molecule has 1 aromatic carbocycles. The van der Waals surface area contributed by atoms with E-state index in [9.17, 15) is 0 Å². The minimum atomic E-state index is 0.703. The Hall–Kier alpha value is -2.05. The molecule has 0 bridgehead atoms. The molecule has 0 spiro atoms. The molecule has 3 rings (SSSR count). The number of methoxy groups -OCH3 is 1. The summed E-state index contributed by atoms with van der Waals surface area (Å²) in [6, 6.07) is 11.6. The zero-order valence-electron chi connectivity index (χ0n) is 10.7. The van der Waals surface area contributed by atoms with E-state index in [1.807, 2.05) is 41.0 Å². The van der Waals surface area contributed by atoms with Crippen LogP contribution in [0.4, 0.5) is 0 Å².